The summed E-state index contributed by atoms with van der Waals surface area (Å²) in [6, 6.07) is 13.2. The Kier molecular flexibility index (Phi) is 2.91. The van der Waals surface area contributed by atoms with Gasteiger partial charge in [-0.15, -0.1) is 0 Å². The van der Waals surface area contributed by atoms with Gasteiger partial charge in [0.15, 0.2) is 0 Å². The average Bonchev–Trinajstić information content (AvgIpc) is 2.33. The number of hydrogen-bond donors (Lipinski definition) is 1. The molecule has 0 aliphatic rings. The van der Waals surface area contributed by atoms with Gasteiger partial charge in [-0.05, 0) is 41.8 Å². The Balaban J connectivity index is 2.46. The molecule has 0 saturated heterocycles. The molecule has 82 valence electrons. The van der Waals surface area contributed by atoms with Crippen molar-refractivity contribution in [2.45, 2.75) is 6.92 Å². The van der Waals surface area contributed by atoms with E-state index in [9.17, 15) is 4.39 Å². The standard InChI is InChI=1S/C14H14FN/c1-10-6-7-12(9-14(10)15)11-4-3-5-13(8-11)16-2/h3-9,16H,1-2H3. The molecular weight excluding hydrogens is 201 g/mol. The third kappa shape index (κ3) is 2.06. The number of aryl methyl sites for hydroxylation is 1. The molecule has 0 fully saturated rings. The molecule has 0 bridgehead atoms. The topological polar surface area (TPSA) is 12.0 Å². The lowest BCUT2D eigenvalue weighted by Gasteiger charge is -2.06. The van der Waals surface area contributed by atoms with E-state index in [1.807, 2.05) is 37.4 Å². The molecule has 0 radical (unpaired) electrons. The van der Waals surface area contributed by atoms with Crippen LogP contribution in [0.15, 0.2) is 42.5 Å². The van der Waals surface area contributed by atoms with Crippen molar-refractivity contribution in [2.24, 2.45) is 0 Å². The lowest BCUT2D eigenvalue weighted by atomic mass is 10.0. The molecule has 2 aromatic rings. The minimum absolute atomic E-state index is 0.160. The predicted molar refractivity (Wildman–Crippen MR) is 66.1 cm³/mol. The van der Waals surface area contributed by atoms with Crippen LogP contribution in [0.3, 0.4) is 0 Å². The Hall–Kier alpha value is -1.83. The van der Waals surface area contributed by atoms with Crippen LogP contribution in [0.25, 0.3) is 11.1 Å². The van der Waals surface area contributed by atoms with Crippen LogP contribution in [-0.2, 0) is 0 Å². The number of benzene rings is 2. The fourth-order valence-corrected chi connectivity index (χ4v) is 1.63. The first-order chi connectivity index (χ1) is 7.70. The van der Waals surface area contributed by atoms with E-state index in [1.54, 1.807) is 19.1 Å². The van der Waals surface area contributed by atoms with Gasteiger partial charge in [0.2, 0.25) is 0 Å². The number of anilines is 1. The maximum atomic E-state index is 13.4. The maximum absolute atomic E-state index is 13.4. The van der Waals surface area contributed by atoms with Crippen molar-refractivity contribution in [2.75, 3.05) is 12.4 Å². The minimum Gasteiger partial charge on any atom is -0.388 e. The highest BCUT2D eigenvalue weighted by Crippen LogP contribution is 2.24. The summed E-state index contributed by atoms with van der Waals surface area (Å²) in [5.41, 5.74) is 3.62. The quantitative estimate of drug-likeness (QED) is 0.802. The van der Waals surface area contributed by atoms with E-state index in [-0.39, 0.29) is 5.82 Å². The highest BCUT2D eigenvalue weighted by atomic mass is 19.1. The molecule has 0 spiro atoms. The molecule has 0 aromatic heterocycles. The summed E-state index contributed by atoms with van der Waals surface area (Å²) in [5.74, 6) is -0.160. The Morgan fingerprint density at radius 1 is 1.00 bits per heavy atom. The first kappa shape index (κ1) is 10.7. The molecule has 2 rings (SSSR count). The highest BCUT2D eigenvalue weighted by Gasteiger charge is 2.02. The molecule has 1 N–H and O–H groups in total. The largest absolute Gasteiger partial charge is 0.388 e. The summed E-state index contributed by atoms with van der Waals surface area (Å²) in [6.45, 7) is 1.77. The van der Waals surface area contributed by atoms with Crippen molar-refractivity contribution in [1.82, 2.24) is 0 Å². The van der Waals surface area contributed by atoms with Crippen molar-refractivity contribution in [3.63, 3.8) is 0 Å². The molecule has 16 heavy (non-hydrogen) atoms. The van der Waals surface area contributed by atoms with E-state index < -0.39 is 0 Å². The van der Waals surface area contributed by atoms with Gasteiger partial charge < -0.3 is 5.32 Å². The first-order valence-corrected chi connectivity index (χ1v) is 5.25. The van der Waals surface area contributed by atoms with Crippen LogP contribution in [0.1, 0.15) is 5.56 Å². The molecule has 0 heterocycles. The van der Waals surface area contributed by atoms with E-state index in [4.69, 9.17) is 0 Å². The summed E-state index contributed by atoms with van der Waals surface area (Å²) in [4.78, 5) is 0. The van der Waals surface area contributed by atoms with Crippen molar-refractivity contribution < 1.29 is 4.39 Å². The van der Waals surface area contributed by atoms with Gasteiger partial charge in [-0.3, -0.25) is 0 Å². The highest BCUT2D eigenvalue weighted by molar-refractivity contribution is 5.68. The number of halogens is 1. The molecule has 0 aliphatic heterocycles. The van der Waals surface area contributed by atoms with E-state index in [0.29, 0.717) is 5.56 Å². The average molecular weight is 215 g/mol. The predicted octanol–water partition coefficient (Wildman–Crippen LogP) is 3.84. The van der Waals surface area contributed by atoms with Crippen LogP contribution in [0.4, 0.5) is 10.1 Å². The van der Waals surface area contributed by atoms with Crippen LogP contribution in [-0.4, -0.2) is 7.05 Å². The number of hydrogen-bond acceptors (Lipinski definition) is 1. The van der Waals surface area contributed by atoms with Gasteiger partial charge in [0.05, 0.1) is 0 Å². The lowest BCUT2D eigenvalue weighted by Crippen LogP contribution is -1.89. The Morgan fingerprint density at radius 2 is 1.75 bits per heavy atom. The van der Waals surface area contributed by atoms with Crippen molar-refractivity contribution >= 4 is 5.69 Å². The molecule has 0 saturated carbocycles. The molecular formula is C14H14FN. The molecule has 2 heteroatoms. The van der Waals surface area contributed by atoms with Gasteiger partial charge in [0.25, 0.3) is 0 Å². The maximum Gasteiger partial charge on any atom is 0.126 e. The SMILES string of the molecule is CNc1cccc(-c2ccc(C)c(F)c2)c1. The molecule has 0 aliphatic carbocycles. The number of rotatable bonds is 2. The first-order valence-electron chi connectivity index (χ1n) is 5.25. The molecule has 2 aromatic carbocycles. The summed E-state index contributed by atoms with van der Waals surface area (Å²) in [7, 11) is 1.87. The summed E-state index contributed by atoms with van der Waals surface area (Å²) >= 11 is 0. The van der Waals surface area contributed by atoms with E-state index >= 15 is 0 Å². The van der Waals surface area contributed by atoms with E-state index in [2.05, 4.69) is 5.32 Å². The third-order valence-corrected chi connectivity index (χ3v) is 2.66. The zero-order valence-corrected chi connectivity index (χ0v) is 9.42. The fourth-order valence-electron chi connectivity index (χ4n) is 1.63. The second kappa shape index (κ2) is 4.35. The van der Waals surface area contributed by atoms with Crippen LogP contribution in [0.2, 0.25) is 0 Å². The van der Waals surface area contributed by atoms with E-state index in [1.165, 1.54) is 0 Å². The number of nitrogens with one attached hydrogen (secondary N) is 1. The smallest absolute Gasteiger partial charge is 0.126 e. The summed E-state index contributed by atoms with van der Waals surface area (Å²) < 4.78 is 13.4. The van der Waals surface area contributed by atoms with Gasteiger partial charge in [0, 0.05) is 12.7 Å². The summed E-state index contributed by atoms with van der Waals surface area (Å²) in [5, 5.41) is 3.07. The van der Waals surface area contributed by atoms with Gasteiger partial charge >= 0.3 is 0 Å². The lowest BCUT2D eigenvalue weighted by molar-refractivity contribution is 0.619. The third-order valence-electron chi connectivity index (χ3n) is 2.66. The van der Waals surface area contributed by atoms with Gasteiger partial charge in [0.1, 0.15) is 5.82 Å². The van der Waals surface area contributed by atoms with Crippen molar-refractivity contribution in [3.05, 3.63) is 53.8 Å². The Morgan fingerprint density at radius 3 is 2.44 bits per heavy atom. The molecule has 0 atom stereocenters. The van der Waals surface area contributed by atoms with Gasteiger partial charge in [-0.25, -0.2) is 4.39 Å². The van der Waals surface area contributed by atoms with Crippen molar-refractivity contribution in [3.8, 4) is 11.1 Å². The normalized spacial score (nSPS) is 10.2. The fraction of sp³-hybridized carbons (Fsp3) is 0.143. The van der Waals surface area contributed by atoms with Crippen LogP contribution < -0.4 is 5.32 Å². The second-order valence-corrected chi connectivity index (χ2v) is 3.79. The summed E-state index contributed by atoms with van der Waals surface area (Å²) in [6.07, 6.45) is 0. The zero-order valence-electron chi connectivity index (χ0n) is 9.42. The molecule has 0 unspecified atom stereocenters. The van der Waals surface area contributed by atoms with E-state index in [0.717, 1.165) is 16.8 Å². The Labute approximate surface area is 94.9 Å². The zero-order chi connectivity index (χ0) is 11.5. The van der Waals surface area contributed by atoms with Gasteiger partial charge in [-0.2, -0.15) is 0 Å². The van der Waals surface area contributed by atoms with Gasteiger partial charge in [-0.1, -0.05) is 24.3 Å². The van der Waals surface area contributed by atoms with Crippen LogP contribution in [0, 0.1) is 12.7 Å². The van der Waals surface area contributed by atoms with Crippen LogP contribution >= 0.6 is 0 Å². The molecule has 1 nitrogen and oxygen atoms in total. The van der Waals surface area contributed by atoms with Crippen molar-refractivity contribution in [1.29, 1.82) is 0 Å². The Bertz CT molecular complexity index is 506. The van der Waals surface area contributed by atoms with Crippen LogP contribution in [0.5, 0.6) is 0 Å². The second-order valence-electron chi connectivity index (χ2n) is 3.79. The minimum atomic E-state index is -0.160. The monoisotopic (exact) mass is 215 g/mol. The molecule has 0 amide bonds.